The van der Waals surface area contributed by atoms with Crippen molar-refractivity contribution in [2.45, 2.75) is 6.17 Å². The van der Waals surface area contributed by atoms with Gasteiger partial charge < -0.3 is 9.73 Å². The van der Waals surface area contributed by atoms with Crippen LogP contribution in [0, 0.1) is 0 Å². The van der Waals surface area contributed by atoms with Crippen LogP contribution in [0.15, 0.2) is 178 Å². The van der Waals surface area contributed by atoms with Crippen LogP contribution in [-0.4, -0.2) is 11.7 Å². The maximum absolute atomic E-state index is 6.69. The van der Waals surface area contributed by atoms with Gasteiger partial charge in [0, 0.05) is 67.8 Å². The standard InChI is InChI=1S/C49H29N3OS2/c1-2-12-29-25-30(24-23-28(29)11-1)47-50-48(37-18-9-17-34-33-13-4-7-20-41(33)55-46(34)37)52-49(51-47)38-26-31(27-40-44(38)35-14-3-6-19-39(35)53-40)32-16-10-22-43-45(32)36-15-5-8-21-42(36)54-43/h1-27,49H,(H,50,51,52). The van der Waals surface area contributed by atoms with E-state index in [0.717, 1.165) is 55.4 Å². The van der Waals surface area contributed by atoms with Gasteiger partial charge in [0.2, 0.25) is 0 Å². The molecule has 4 heterocycles. The van der Waals surface area contributed by atoms with Crippen LogP contribution in [0.1, 0.15) is 22.9 Å². The zero-order valence-electron chi connectivity index (χ0n) is 29.3. The van der Waals surface area contributed by atoms with Crippen LogP contribution in [0.3, 0.4) is 0 Å². The predicted molar refractivity (Wildman–Crippen MR) is 234 cm³/mol. The molecule has 3 aromatic heterocycles. The number of benzene rings is 8. The lowest BCUT2D eigenvalue weighted by Crippen LogP contribution is -2.33. The summed E-state index contributed by atoms with van der Waals surface area (Å²) in [6.45, 7) is 0. The quantitative estimate of drug-likeness (QED) is 0.195. The van der Waals surface area contributed by atoms with Crippen LogP contribution in [-0.2, 0) is 0 Å². The second-order valence-corrected chi connectivity index (χ2v) is 16.3. The van der Waals surface area contributed by atoms with Crippen LogP contribution >= 0.6 is 22.7 Å². The van der Waals surface area contributed by atoms with Gasteiger partial charge in [0.05, 0.1) is 0 Å². The zero-order chi connectivity index (χ0) is 36.0. The van der Waals surface area contributed by atoms with Crippen LogP contribution in [0.4, 0.5) is 0 Å². The lowest BCUT2D eigenvalue weighted by atomic mass is 9.94. The molecule has 1 aliphatic rings. The average molecular weight is 740 g/mol. The van der Waals surface area contributed by atoms with Gasteiger partial charge in [0.25, 0.3) is 0 Å². The number of fused-ring (bicyclic) bond motifs is 10. The minimum Gasteiger partial charge on any atom is -0.456 e. The fourth-order valence-corrected chi connectivity index (χ4v) is 10.8. The van der Waals surface area contributed by atoms with Crippen molar-refractivity contribution in [3.63, 3.8) is 0 Å². The van der Waals surface area contributed by atoms with E-state index in [1.807, 2.05) is 28.7 Å². The molecule has 12 rings (SSSR count). The Morgan fingerprint density at radius 1 is 0.491 bits per heavy atom. The molecule has 0 saturated heterocycles. The molecule has 0 radical (unpaired) electrons. The highest BCUT2D eigenvalue weighted by Crippen LogP contribution is 2.44. The predicted octanol–water partition coefficient (Wildman–Crippen LogP) is 13.6. The Morgan fingerprint density at radius 2 is 1.20 bits per heavy atom. The number of amidine groups is 2. The average Bonchev–Trinajstić information content (AvgIpc) is 3.94. The number of rotatable bonds is 4. The first-order valence-corrected chi connectivity index (χ1v) is 20.1. The van der Waals surface area contributed by atoms with Gasteiger partial charge in [-0.15, -0.1) is 22.7 Å². The molecule has 1 atom stereocenters. The second kappa shape index (κ2) is 12.0. The summed E-state index contributed by atoms with van der Waals surface area (Å²) in [5, 5.41) is 13.4. The number of hydrogen-bond acceptors (Lipinski definition) is 6. The fourth-order valence-electron chi connectivity index (χ4n) is 8.41. The molecule has 8 aromatic carbocycles. The molecular weight excluding hydrogens is 711 g/mol. The molecular formula is C49H29N3OS2. The Kier molecular flexibility index (Phi) is 6.70. The topological polar surface area (TPSA) is 49.9 Å². The van der Waals surface area contributed by atoms with Crippen molar-refractivity contribution in [2.75, 3.05) is 0 Å². The zero-order valence-corrected chi connectivity index (χ0v) is 30.9. The van der Waals surface area contributed by atoms with Gasteiger partial charge in [0.1, 0.15) is 23.2 Å². The molecule has 0 saturated carbocycles. The van der Waals surface area contributed by atoms with Crippen molar-refractivity contribution in [2.24, 2.45) is 9.98 Å². The highest BCUT2D eigenvalue weighted by molar-refractivity contribution is 7.26. The molecule has 0 bridgehead atoms. The summed E-state index contributed by atoms with van der Waals surface area (Å²) in [7, 11) is 0. The van der Waals surface area contributed by atoms with E-state index in [1.165, 1.54) is 51.3 Å². The Bertz CT molecular complexity index is 3440. The van der Waals surface area contributed by atoms with Crippen molar-refractivity contribution in [3.8, 4) is 11.1 Å². The van der Waals surface area contributed by atoms with E-state index >= 15 is 0 Å². The molecule has 0 spiro atoms. The SMILES string of the molecule is c1ccc2cc(C3=NC(c4cc(-c5cccc6sc7ccccc7c56)cc5oc6ccccc6c45)NC(c4cccc5c4sc4ccccc45)=N3)ccc2c1. The van der Waals surface area contributed by atoms with Gasteiger partial charge in [-0.05, 0) is 70.4 Å². The Labute approximate surface area is 323 Å². The maximum atomic E-state index is 6.69. The molecule has 11 aromatic rings. The summed E-state index contributed by atoms with van der Waals surface area (Å²) in [6.07, 6.45) is -0.458. The van der Waals surface area contributed by atoms with E-state index in [0.29, 0.717) is 5.84 Å². The van der Waals surface area contributed by atoms with Gasteiger partial charge in [-0.25, -0.2) is 9.98 Å². The molecule has 4 nitrogen and oxygen atoms in total. The minimum atomic E-state index is -0.458. The van der Waals surface area contributed by atoms with E-state index in [2.05, 4.69) is 163 Å². The third-order valence-electron chi connectivity index (χ3n) is 10.9. The molecule has 1 unspecified atom stereocenters. The Balaban J connectivity index is 1.12. The van der Waals surface area contributed by atoms with Gasteiger partial charge in [-0.3, -0.25) is 0 Å². The van der Waals surface area contributed by atoms with E-state index in [9.17, 15) is 0 Å². The van der Waals surface area contributed by atoms with E-state index in [1.54, 1.807) is 0 Å². The van der Waals surface area contributed by atoms with Crippen molar-refractivity contribution in [1.29, 1.82) is 0 Å². The number of hydrogen-bond donors (Lipinski definition) is 1. The van der Waals surface area contributed by atoms with Crippen LogP contribution in [0.5, 0.6) is 0 Å². The lowest BCUT2D eigenvalue weighted by molar-refractivity contribution is 0.662. The summed E-state index contributed by atoms with van der Waals surface area (Å²) >= 11 is 3.65. The largest absolute Gasteiger partial charge is 0.456 e. The summed E-state index contributed by atoms with van der Waals surface area (Å²) in [4.78, 5) is 10.8. The first kappa shape index (κ1) is 30.8. The summed E-state index contributed by atoms with van der Waals surface area (Å²) < 4.78 is 11.7. The third kappa shape index (κ3) is 4.82. The summed E-state index contributed by atoms with van der Waals surface area (Å²) in [6, 6.07) is 58.4. The van der Waals surface area contributed by atoms with Crippen molar-refractivity contribution in [1.82, 2.24) is 5.32 Å². The van der Waals surface area contributed by atoms with Gasteiger partial charge in [-0.2, -0.15) is 0 Å². The molecule has 0 amide bonds. The molecule has 1 aliphatic heterocycles. The molecule has 6 heteroatoms. The van der Waals surface area contributed by atoms with E-state index in [4.69, 9.17) is 14.4 Å². The summed E-state index contributed by atoms with van der Waals surface area (Å²) in [5.74, 6) is 1.50. The first-order chi connectivity index (χ1) is 27.2. The number of para-hydroxylation sites is 1. The molecule has 0 fully saturated rings. The number of thiophene rings is 2. The number of aliphatic imine (C=N–C) groups is 2. The lowest BCUT2D eigenvalue weighted by Gasteiger charge is -2.25. The number of nitrogens with zero attached hydrogens (tertiary/aromatic N) is 2. The van der Waals surface area contributed by atoms with Gasteiger partial charge in [-0.1, -0.05) is 115 Å². The highest BCUT2D eigenvalue weighted by atomic mass is 32.1. The van der Waals surface area contributed by atoms with Crippen LogP contribution < -0.4 is 5.32 Å². The monoisotopic (exact) mass is 739 g/mol. The molecule has 1 N–H and O–H groups in total. The van der Waals surface area contributed by atoms with Crippen LogP contribution in [0.25, 0.3) is 84.2 Å². The minimum absolute atomic E-state index is 0.458. The smallest absolute Gasteiger partial charge is 0.159 e. The normalized spacial score (nSPS) is 14.7. The molecule has 55 heavy (non-hydrogen) atoms. The third-order valence-corrected chi connectivity index (χ3v) is 13.3. The first-order valence-electron chi connectivity index (χ1n) is 18.4. The molecule has 258 valence electrons. The van der Waals surface area contributed by atoms with E-state index in [-0.39, 0.29) is 0 Å². The number of nitrogens with one attached hydrogen (secondary N) is 1. The second-order valence-electron chi connectivity index (χ2n) is 14.1. The maximum Gasteiger partial charge on any atom is 0.159 e. The van der Waals surface area contributed by atoms with Crippen molar-refractivity contribution < 1.29 is 4.42 Å². The van der Waals surface area contributed by atoms with Crippen LogP contribution in [0.2, 0.25) is 0 Å². The Morgan fingerprint density at radius 3 is 2.11 bits per heavy atom. The molecule has 0 aliphatic carbocycles. The van der Waals surface area contributed by atoms with Crippen molar-refractivity contribution in [3.05, 3.63) is 180 Å². The van der Waals surface area contributed by atoms with E-state index < -0.39 is 6.17 Å². The Hall–Kier alpha value is -6.60. The van der Waals surface area contributed by atoms with Gasteiger partial charge in [0.15, 0.2) is 5.84 Å². The van der Waals surface area contributed by atoms with Gasteiger partial charge >= 0.3 is 0 Å². The number of furan rings is 1. The fraction of sp³-hybridized carbons (Fsp3) is 0.0204. The highest BCUT2D eigenvalue weighted by Gasteiger charge is 2.27. The summed E-state index contributed by atoms with van der Waals surface area (Å²) in [5.41, 5.74) is 7.05. The van der Waals surface area contributed by atoms with Crippen molar-refractivity contribution >= 4 is 107 Å².